The minimum Gasteiger partial charge on any atom is -0.359 e. The van der Waals surface area contributed by atoms with Crippen LogP contribution in [0, 0.1) is 37.5 Å². The number of hydrogen-bond acceptors (Lipinski definition) is 5. The monoisotopic (exact) mass is 578 g/mol. The van der Waals surface area contributed by atoms with Crippen LogP contribution in [0.25, 0.3) is 0 Å². The number of benzene rings is 1. The maximum atomic E-state index is 14.3. The molecule has 8 heteroatoms. The Hall–Kier alpha value is -2.71. The van der Waals surface area contributed by atoms with Crippen molar-refractivity contribution in [3.05, 3.63) is 41.5 Å². The van der Waals surface area contributed by atoms with Crippen molar-refractivity contribution in [2.75, 3.05) is 31.5 Å². The molecule has 2 saturated heterocycles. The maximum absolute atomic E-state index is 14.3. The molecule has 1 aromatic carbocycles. The summed E-state index contributed by atoms with van der Waals surface area (Å²) >= 11 is 0. The van der Waals surface area contributed by atoms with Crippen molar-refractivity contribution in [1.82, 2.24) is 15.1 Å². The zero-order chi connectivity index (χ0) is 30.2. The number of hydrogen-bond donors (Lipinski definition) is 2. The molecule has 1 aromatic rings. The summed E-state index contributed by atoms with van der Waals surface area (Å²) in [4.78, 5) is 46.5. The third kappa shape index (κ3) is 5.52. The number of amides is 3. The molecular formula is C34H50N4O4. The van der Waals surface area contributed by atoms with Crippen molar-refractivity contribution in [1.29, 1.82) is 0 Å². The van der Waals surface area contributed by atoms with Gasteiger partial charge in [-0.15, -0.1) is 0 Å². The molecule has 0 unspecified atom stereocenters. The Morgan fingerprint density at radius 3 is 2.48 bits per heavy atom. The second kappa shape index (κ2) is 12.5. The lowest BCUT2D eigenvalue weighted by Gasteiger charge is -2.38. The van der Waals surface area contributed by atoms with Gasteiger partial charge in [0.25, 0.3) is 0 Å². The van der Waals surface area contributed by atoms with Gasteiger partial charge in [-0.05, 0) is 81.3 Å². The summed E-state index contributed by atoms with van der Waals surface area (Å²) in [5.41, 5.74) is 1.80. The van der Waals surface area contributed by atoms with Gasteiger partial charge in [0.15, 0.2) is 0 Å². The van der Waals surface area contributed by atoms with E-state index in [1.165, 1.54) is 6.42 Å². The second-order valence-electron chi connectivity index (χ2n) is 13.2. The Morgan fingerprint density at radius 2 is 1.79 bits per heavy atom. The van der Waals surface area contributed by atoms with E-state index in [2.05, 4.69) is 43.2 Å². The number of carbonyl (C=O) groups is 3. The topological polar surface area (TPSA) is 91.0 Å². The van der Waals surface area contributed by atoms with Crippen molar-refractivity contribution < 1.29 is 19.1 Å². The van der Waals surface area contributed by atoms with Gasteiger partial charge in [0, 0.05) is 24.8 Å². The van der Waals surface area contributed by atoms with E-state index in [9.17, 15) is 14.4 Å². The van der Waals surface area contributed by atoms with E-state index in [4.69, 9.17) is 4.74 Å². The average molecular weight is 579 g/mol. The molecule has 0 aromatic heterocycles. The molecule has 8 atom stereocenters. The number of rotatable bonds is 11. The molecule has 3 aliphatic heterocycles. The standard InChI is InChI=1S/C34H50N4O4/c1-7-16-37(17-8-2)18-19-38-30(32(40)36-26-11-9-10-22(4)24(26)6)34-15-14-27(42-34)28(29(34)33(38)41)31(39)35-25-13-12-21(3)23(5)20-25/h12-15,20,22,24,26-30H,7-11,16-19H2,1-6H3,(H,35,39)(H,36,40)/t22-,24+,26-,27+,28-,29+,30+,34+/m1/s1. The molecule has 3 heterocycles. The Bertz CT molecular complexity index is 1210. The Kier molecular flexibility index (Phi) is 9.14. The van der Waals surface area contributed by atoms with Crippen LogP contribution in [0.15, 0.2) is 30.4 Å². The summed E-state index contributed by atoms with van der Waals surface area (Å²) in [7, 11) is 0. The molecule has 5 rings (SSSR count). The van der Waals surface area contributed by atoms with Crippen LogP contribution in [0.3, 0.4) is 0 Å². The van der Waals surface area contributed by atoms with Gasteiger partial charge < -0.3 is 25.2 Å². The average Bonchev–Trinajstić information content (AvgIpc) is 3.59. The number of ether oxygens (including phenoxy) is 1. The van der Waals surface area contributed by atoms with E-state index in [1.807, 2.05) is 44.2 Å². The highest BCUT2D eigenvalue weighted by Gasteiger charge is 2.72. The van der Waals surface area contributed by atoms with E-state index in [0.717, 1.165) is 49.9 Å². The molecule has 4 aliphatic rings. The van der Waals surface area contributed by atoms with Crippen LogP contribution in [0.5, 0.6) is 0 Å². The van der Waals surface area contributed by atoms with Crippen molar-refractivity contribution in [2.24, 2.45) is 23.7 Å². The summed E-state index contributed by atoms with van der Waals surface area (Å²) in [6.45, 7) is 15.8. The third-order valence-corrected chi connectivity index (χ3v) is 10.5. The Labute approximate surface area is 251 Å². The van der Waals surface area contributed by atoms with Crippen LogP contribution in [-0.2, 0) is 19.1 Å². The molecule has 1 saturated carbocycles. The Balaban J connectivity index is 1.43. The molecule has 42 heavy (non-hydrogen) atoms. The first-order valence-electron chi connectivity index (χ1n) is 16.2. The number of nitrogens with zero attached hydrogens (tertiary/aromatic N) is 2. The summed E-state index contributed by atoms with van der Waals surface area (Å²) in [6.07, 6.45) is 8.51. The molecule has 1 spiro atoms. The first-order valence-corrected chi connectivity index (χ1v) is 16.2. The van der Waals surface area contributed by atoms with Gasteiger partial charge in [0.05, 0.1) is 17.9 Å². The normalized spacial score (nSPS) is 33.4. The number of aryl methyl sites for hydroxylation is 2. The van der Waals surface area contributed by atoms with Crippen LogP contribution >= 0.6 is 0 Å². The molecule has 1 aliphatic carbocycles. The predicted octanol–water partition coefficient (Wildman–Crippen LogP) is 4.46. The highest BCUT2D eigenvalue weighted by molar-refractivity contribution is 6.02. The largest absolute Gasteiger partial charge is 0.359 e. The smallest absolute Gasteiger partial charge is 0.246 e. The predicted molar refractivity (Wildman–Crippen MR) is 165 cm³/mol. The van der Waals surface area contributed by atoms with Crippen LogP contribution in [0.4, 0.5) is 5.69 Å². The van der Waals surface area contributed by atoms with Crippen molar-refractivity contribution in [3.63, 3.8) is 0 Å². The molecule has 230 valence electrons. The highest BCUT2D eigenvalue weighted by Crippen LogP contribution is 2.55. The van der Waals surface area contributed by atoms with E-state index in [-0.39, 0.29) is 23.8 Å². The van der Waals surface area contributed by atoms with E-state index < -0.39 is 29.6 Å². The summed E-state index contributed by atoms with van der Waals surface area (Å²) in [5.74, 6) is -1.08. The molecular weight excluding hydrogens is 528 g/mol. The van der Waals surface area contributed by atoms with Gasteiger partial charge in [0.1, 0.15) is 11.6 Å². The van der Waals surface area contributed by atoms with E-state index >= 15 is 0 Å². The summed E-state index contributed by atoms with van der Waals surface area (Å²) in [5, 5.41) is 6.41. The zero-order valence-corrected chi connectivity index (χ0v) is 26.3. The van der Waals surface area contributed by atoms with Crippen molar-refractivity contribution in [3.8, 4) is 0 Å². The van der Waals surface area contributed by atoms with Gasteiger partial charge in [-0.2, -0.15) is 0 Å². The van der Waals surface area contributed by atoms with Crippen LogP contribution in [-0.4, -0.2) is 77.5 Å². The lowest BCUT2D eigenvalue weighted by atomic mass is 9.73. The number of carbonyl (C=O) groups excluding carboxylic acids is 3. The molecule has 3 fully saturated rings. The SMILES string of the molecule is CCCN(CCC)CCN1C(=O)[C@@H]2[C@H](C(=O)Nc3ccc(C)c(C)c3)[C@@H]3C=C[C@@]2(O3)[C@@H]1C(=O)N[C@@H]1CCC[C@@H](C)[C@@H]1C. The van der Waals surface area contributed by atoms with E-state index in [1.54, 1.807) is 4.90 Å². The second-order valence-corrected chi connectivity index (χ2v) is 13.2. The third-order valence-electron chi connectivity index (χ3n) is 10.5. The summed E-state index contributed by atoms with van der Waals surface area (Å²) in [6, 6.07) is 5.09. The van der Waals surface area contributed by atoms with Gasteiger partial charge in [-0.1, -0.05) is 58.8 Å². The Morgan fingerprint density at radius 1 is 1.05 bits per heavy atom. The maximum Gasteiger partial charge on any atom is 0.246 e. The van der Waals surface area contributed by atoms with Gasteiger partial charge in [-0.25, -0.2) is 0 Å². The fourth-order valence-electron chi connectivity index (χ4n) is 7.82. The quantitative estimate of drug-likeness (QED) is 0.379. The van der Waals surface area contributed by atoms with Crippen molar-refractivity contribution >= 4 is 23.4 Å². The molecule has 2 N–H and O–H groups in total. The van der Waals surface area contributed by atoms with Crippen LogP contribution < -0.4 is 10.6 Å². The van der Waals surface area contributed by atoms with Crippen LogP contribution in [0.2, 0.25) is 0 Å². The number of nitrogens with one attached hydrogen (secondary N) is 2. The number of fused-ring (bicyclic) bond motifs is 1. The minimum atomic E-state index is -1.14. The fourth-order valence-corrected chi connectivity index (χ4v) is 7.82. The zero-order valence-electron chi connectivity index (χ0n) is 26.3. The highest BCUT2D eigenvalue weighted by atomic mass is 16.5. The molecule has 0 radical (unpaired) electrons. The van der Waals surface area contributed by atoms with Gasteiger partial charge in [0.2, 0.25) is 17.7 Å². The molecule has 3 amide bonds. The fraction of sp³-hybridized carbons (Fsp3) is 0.676. The van der Waals surface area contributed by atoms with Crippen LogP contribution in [0.1, 0.15) is 70.9 Å². The first kappa shape index (κ1) is 30.7. The van der Waals surface area contributed by atoms with Gasteiger partial charge >= 0.3 is 0 Å². The first-order chi connectivity index (χ1) is 20.1. The number of anilines is 1. The lowest BCUT2D eigenvalue weighted by Crippen LogP contribution is -2.58. The van der Waals surface area contributed by atoms with Crippen molar-refractivity contribution in [2.45, 2.75) is 97.4 Å². The summed E-state index contributed by atoms with van der Waals surface area (Å²) < 4.78 is 6.56. The minimum absolute atomic E-state index is 0.0665. The van der Waals surface area contributed by atoms with Gasteiger partial charge in [-0.3, -0.25) is 14.4 Å². The lowest BCUT2D eigenvalue weighted by molar-refractivity contribution is -0.141. The number of likely N-dealkylation sites (tertiary alicyclic amines) is 1. The molecule has 2 bridgehead atoms. The molecule has 8 nitrogen and oxygen atoms in total. The van der Waals surface area contributed by atoms with E-state index in [0.29, 0.717) is 30.6 Å².